The van der Waals surface area contributed by atoms with E-state index in [1.165, 1.54) is 16.1 Å². The number of amides is 3. The van der Waals surface area contributed by atoms with Crippen LogP contribution in [0.1, 0.15) is 70.6 Å². The number of nitrogens with zero attached hydrogens (tertiary/aromatic N) is 3. The van der Waals surface area contributed by atoms with E-state index in [1.54, 1.807) is 0 Å². The molecule has 3 amide bonds. The number of benzene rings is 2. The Kier molecular flexibility index (Phi) is 5.55. The number of carbonyl (C=O) groups is 3. The van der Waals surface area contributed by atoms with Gasteiger partial charge in [0.1, 0.15) is 0 Å². The van der Waals surface area contributed by atoms with Crippen LogP contribution in [-0.4, -0.2) is 45.7 Å². The second kappa shape index (κ2) is 8.51. The first-order valence-corrected chi connectivity index (χ1v) is 11.6. The lowest BCUT2D eigenvalue weighted by atomic mass is 9.84. The van der Waals surface area contributed by atoms with Crippen molar-refractivity contribution in [1.82, 2.24) is 14.9 Å². The zero-order valence-electron chi connectivity index (χ0n) is 18.5. The number of imide groups is 1. The van der Waals surface area contributed by atoms with Crippen molar-refractivity contribution in [2.45, 2.75) is 58.0 Å². The number of hydrazine groups is 1. The van der Waals surface area contributed by atoms with E-state index in [9.17, 15) is 14.4 Å². The lowest BCUT2D eigenvalue weighted by Gasteiger charge is -2.33. The van der Waals surface area contributed by atoms with Crippen molar-refractivity contribution in [1.29, 1.82) is 0 Å². The maximum atomic E-state index is 13.0. The molecule has 2 aromatic carbocycles. The highest BCUT2D eigenvalue weighted by molar-refractivity contribution is 6.04. The highest BCUT2D eigenvalue weighted by atomic mass is 16.2. The summed E-state index contributed by atoms with van der Waals surface area (Å²) >= 11 is 0. The Bertz CT molecular complexity index is 1040. The molecule has 0 saturated carbocycles. The highest BCUT2D eigenvalue weighted by Crippen LogP contribution is 2.36. The van der Waals surface area contributed by atoms with E-state index < -0.39 is 0 Å². The van der Waals surface area contributed by atoms with Gasteiger partial charge in [-0.25, -0.2) is 5.01 Å². The Hall–Kier alpha value is -2.99. The molecule has 0 unspecified atom stereocenters. The zero-order chi connectivity index (χ0) is 22.2. The predicted molar refractivity (Wildman–Crippen MR) is 120 cm³/mol. The van der Waals surface area contributed by atoms with Gasteiger partial charge in [-0.1, -0.05) is 36.4 Å². The van der Waals surface area contributed by atoms with Crippen molar-refractivity contribution in [3.8, 4) is 0 Å². The third-order valence-electron chi connectivity index (χ3n) is 7.18. The van der Waals surface area contributed by atoms with Gasteiger partial charge in [0, 0.05) is 24.9 Å². The topological polar surface area (TPSA) is 60.9 Å². The quantitative estimate of drug-likeness (QED) is 0.691. The lowest BCUT2D eigenvalue weighted by molar-refractivity contribution is -0.163. The van der Waals surface area contributed by atoms with Crippen LogP contribution in [0.15, 0.2) is 42.5 Å². The molecule has 0 bridgehead atoms. The van der Waals surface area contributed by atoms with Crippen LogP contribution in [0, 0.1) is 6.92 Å². The summed E-state index contributed by atoms with van der Waals surface area (Å²) in [6.45, 7) is 5.48. The van der Waals surface area contributed by atoms with Gasteiger partial charge in [0.2, 0.25) is 11.8 Å². The van der Waals surface area contributed by atoms with Crippen LogP contribution < -0.4 is 0 Å². The summed E-state index contributed by atoms with van der Waals surface area (Å²) in [7, 11) is 0. The number of carbonyl (C=O) groups excluding carboxylic acids is 3. The average molecular weight is 432 g/mol. The molecule has 2 saturated heterocycles. The Morgan fingerprint density at radius 3 is 2.28 bits per heavy atom. The van der Waals surface area contributed by atoms with Crippen molar-refractivity contribution in [2.24, 2.45) is 0 Å². The molecule has 0 atom stereocenters. The summed E-state index contributed by atoms with van der Waals surface area (Å²) in [6, 6.07) is 14.6. The van der Waals surface area contributed by atoms with Gasteiger partial charge in [-0.05, 0) is 73.5 Å². The Morgan fingerprint density at radius 2 is 1.59 bits per heavy atom. The Balaban J connectivity index is 1.30. The van der Waals surface area contributed by atoms with Crippen molar-refractivity contribution in [2.75, 3.05) is 13.1 Å². The number of fused-ring (bicyclic) bond motifs is 1. The molecule has 2 aromatic rings. The molecule has 0 aliphatic carbocycles. The molecule has 5 rings (SSSR count). The first-order valence-electron chi connectivity index (χ1n) is 11.6. The van der Waals surface area contributed by atoms with Crippen LogP contribution in [0.4, 0.5) is 0 Å². The van der Waals surface area contributed by atoms with Crippen LogP contribution in [0.5, 0.6) is 0 Å². The molecule has 166 valence electrons. The van der Waals surface area contributed by atoms with E-state index in [2.05, 4.69) is 48.2 Å². The Labute approximate surface area is 188 Å². The molecule has 3 aliphatic heterocycles. The molecule has 3 aliphatic rings. The molecule has 6 heteroatoms. The molecule has 0 spiro atoms. The average Bonchev–Trinajstić information content (AvgIpc) is 3.13. The SMILES string of the molecule is Cc1c(C2CCN(Cc3ccccc3)CC2)ccc2c1CN(N1C(=O)CCCC1=O)C2=O. The smallest absolute Gasteiger partial charge is 0.273 e. The fraction of sp³-hybridized carbons (Fsp3) is 0.423. The molecule has 0 aromatic heterocycles. The van der Waals surface area contributed by atoms with Gasteiger partial charge in [-0.15, -0.1) is 0 Å². The van der Waals surface area contributed by atoms with Crippen LogP contribution >= 0.6 is 0 Å². The third-order valence-corrected chi connectivity index (χ3v) is 7.18. The van der Waals surface area contributed by atoms with Gasteiger partial charge in [-0.2, -0.15) is 5.01 Å². The van der Waals surface area contributed by atoms with Crippen molar-refractivity contribution >= 4 is 17.7 Å². The molecular formula is C26H29N3O3. The van der Waals surface area contributed by atoms with Gasteiger partial charge in [0.05, 0.1) is 6.54 Å². The molecular weight excluding hydrogens is 402 g/mol. The monoisotopic (exact) mass is 431 g/mol. The van der Waals surface area contributed by atoms with E-state index in [4.69, 9.17) is 0 Å². The van der Waals surface area contributed by atoms with E-state index in [-0.39, 0.29) is 17.7 Å². The summed E-state index contributed by atoms with van der Waals surface area (Å²) in [5, 5.41) is 2.45. The van der Waals surface area contributed by atoms with E-state index in [0.29, 0.717) is 37.3 Å². The minimum absolute atomic E-state index is 0.240. The summed E-state index contributed by atoms with van der Waals surface area (Å²) < 4.78 is 0. The van der Waals surface area contributed by atoms with Gasteiger partial charge in [0.15, 0.2) is 0 Å². The predicted octanol–water partition coefficient (Wildman–Crippen LogP) is 3.78. The van der Waals surface area contributed by atoms with Crippen LogP contribution in [0.2, 0.25) is 0 Å². The second-order valence-corrected chi connectivity index (χ2v) is 9.16. The number of piperidine rings is 2. The van der Waals surface area contributed by atoms with Gasteiger partial charge in [-0.3, -0.25) is 19.3 Å². The standard InChI is InChI=1S/C26H29N3O3/c1-18-21(20-12-14-27(15-13-20)16-19-6-3-2-4-7-19)10-11-22-23(18)17-28(26(22)32)29-24(30)8-5-9-25(29)31/h2-4,6-7,10-11,20H,5,8-9,12-17H2,1H3. The molecule has 0 N–H and O–H groups in total. The van der Waals surface area contributed by atoms with E-state index in [0.717, 1.165) is 48.6 Å². The molecule has 32 heavy (non-hydrogen) atoms. The molecule has 6 nitrogen and oxygen atoms in total. The molecule has 0 radical (unpaired) electrons. The molecule has 3 heterocycles. The first-order chi connectivity index (χ1) is 15.5. The minimum Gasteiger partial charge on any atom is -0.299 e. The summed E-state index contributed by atoms with van der Waals surface area (Å²) in [6.07, 6.45) is 3.38. The molecule has 2 fully saturated rings. The minimum atomic E-state index is -0.272. The fourth-order valence-corrected chi connectivity index (χ4v) is 5.40. The van der Waals surface area contributed by atoms with Gasteiger partial charge < -0.3 is 0 Å². The van der Waals surface area contributed by atoms with Crippen molar-refractivity contribution in [3.63, 3.8) is 0 Å². The normalized spacial score (nSPS) is 20.2. The number of hydrogen-bond donors (Lipinski definition) is 0. The number of hydrogen-bond acceptors (Lipinski definition) is 4. The van der Waals surface area contributed by atoms with Crippen LogP contribution in [-0.2, 0) is 22.7 Å². The maximum Gasteiger partial charge on any atom is 0.273 e. The fourth-order valence-electron chi connectivity index (χ4n) is 5.40. The van der Waals surface area contributed by atoms with Crippen LogP contribution in [0.25, 0.3) is 0 Å². The largest absolute Gasteiger partial charge is 0.299 e. The summed E-state index contributed by atoms with van der Waals surface area (Å²) in [4.78, 5) is 40.2. The summed E-state index contributed by atoms with van der Waals surface area (Å²) in [5.41, 5.74) is 5.37. The maximum absolute atomic E-state index is 13.0. The lowest BCUT2D eigenvalue weighted by Crippen LogP contribution is -2.52. The summed E-state index contributed by atoms with van der Waals surface area (Å²) in [5.74, 6) is -0.317. The number of rotatable bonds is 4. The second-order valence-electron chi connectivity index (χ2n) is 9.16. The van der Waals surface area contributed by atoms with Crippen molar-refractivity contribution < 1.29 is 14.4 Å². The zero-order valence-corrected chi connectivity index (χ0v) is 18.5. The van der Waals surface area contributed by atoms with Crippen LogP contribution in [0.3, 0.4) is 0 Å². The van der Waals surface area contributed by atoms with Gasteiger partial charge in [0.25, 0.3) is 5.91 Å². The van der Waals surface area contributed by atoms with E-state index >= 15 is 0 Å². The van der Waals surface area contributed by atoms with E-state index in [1.807, 2.05) is 6.07 Å². The Morgan fingerprint density at radius 1 is 0.906 bits per heavy atom. The van der Waals surface area contributed by atoms with Gasteiger partial charge >= 0.3 is 0 Å². The highest BCUT2D eigenvalue weighted by Gasteiger charge is 2.40. The third kappa shape index (κ3) is 3.73. The number of likely N-dealkylation sites (tertiary alicyclic amines) is 1. The first kappa shape index (κ1) is 20.9. The van der Waals surface area contributed by atoms with Crippen molar-refractivity contribution in [3.05, 3.63) is 70.3 Å².